The van der Waals surface area contributed by atoms with Crippen LogP contribution in [0.1, 0.15) is 49.5 Å². The number of hydrogen-bond donors (Lipinski definition) is 1. The maximum absolute atomic E-state index is 12.8. The summed E-state index contributed by atoms with van der Waals surface area (Å²) in [5, 5.41) is 2.75. The van der Waals surface area contributed by atoms with Gasteiger partial charge >= 0.3 is 6.18 Å². The molecular weight excluding hydrogens is 335 g/mol. The molecule has 0 saturated carbocycles. The molecule has 1 aromatic rings. The summed E-state index contributed by atoms with van der Waals surface area (Å²) in [5.41, 5.74) is -1.29. The third kappa shape index (κ3) is 4.51. The number of benzene rings is 1. The van der Waals surface area contributed by atoms with Gasteiger partial charge in [0.1, 0.15) is 0 Å². The second kappa shape index (κ2) is 6.16. The van der Waals surface area contributed by atoms with Crippen LogP contribution in [0.25, 0.3) is 0 Å². The summed E-state index contributed by atoms with van der Waals surface area (Å²) in [6.45, 7) is 5.67. The van der Waals surface area contributed by atoms with Gasteiger partial charge in [0.15, 0.2) is 0 Å². The van der Waals surface area contributed by atoms with Gasteiger partial charge in [-0.3, -0.25) is 4.79 Å². The standard InChI is InChI=1S/C14H17BrF3NO/c1-4-7-13(2,3)19-12(20)9-5-6-11(15)10(8-9)14(16,17)18/h5-6,8H,4,7H2,1-3H3,(H,19,20). The molecule has 6 heteroatoms. The van der Waals surface area contributed by atoms with E-state index in [0.717, 1.165) is 18.9 Å². The fourth-order valence-corrected chi connectivity index (χ4v) is 2.42. The van der Waals surface area contributed by atoms with Gasteiger partial charge in [0.2, 0.25) is 0 Å². The van der Waals surface area contributed by atoms with Crippen LogP contribution in [-0.4, -0.2) is 11.4 Å². The number of alkyl halides is 3. The number of carbonyl (C=O) groups is 1. The molecule has 1 amide bonds. The lowest BCUT2D eigenvalue weighted by Crippen LogP contribution is -2.43. The van der Waals surface area contributed by atoms with Crippen molar-refractivity contribution >= 4 is 21.8 Å². The predicted octanol–water partition coefficient (Wildman–Crippen LogP) is 4.78. The summed E-state index contributed by atoms with van der Waals surface area (Å²) < 4.78 is 38.3. The molecular formula is C14H17BrF3NO. The third-order valence-corrected chi connectivity index (χ3v) is 3.55. The largest absolute Gasteiger partial charge is 0.417 e. The van der Waals surface area contributed by atoms with Crippen molar-refractivity contribution in [2.75, 3.05) is 0 Å². The van der Waals surface area contributed by atoms with Gasteiger partial charge in [-0.2, -0.15) is 13.2 Å². The van der Waals surface area contributed by atoms with Crippen molar-refractivity contribution in [3.63, 3.8) is 0 Å². The van der Waals surface area contributed by atoms with Gasteiger partial charge in [0.25, 0.3) is 5.91 Å². The van der Waals surface area contributed by atoms with Gasteiger partial charge in [-0.05, 0) is 38.5 Å². The van der Waals surface area contributed by atoms with Crippen LogP contribution in [0.4, 0.5) is 13.2 Å². The Hall–Kier alpha value is -1.04. The Morgan fingerprint density at radius 1 is 1.30 bits per heavy atom. The number of rotatable bonds is 4. The minimum atomic E-state index is -4.49. The molecule has 1 N–H and O–H groups in total. The number of nitrogens with one attached hydrogen (secondary N) is 1. The molecule has 0 radical (unpaired) electrons. The molecule has 0 saturated heterocycles. The average Bonchev–Trinajstić information content (AvgIpc) is 2.26. The number of halogens is 4. The van der Waals surface area contributed by atoms with E-state index in [-0.39, 0.29) is 10.0 Å². The van der Waals surface area contributed by atoms with Crippen LogP contribution >= 0.6 is 15.9 Å². The van der Waals surface area contributed by atoms with Crippen molar-refractivity contribution in [1.29, 1.82) is 0 Å². The summed E-state index contributed by atoms with van der Waals surface area (Å²) >= 11 is 2.85. The first kappa shape index (κ1) is 17.0. The van der Waals surface area contributed by atoms with Crippen molar-refractivity contribution in [3.8, 4) is 0 Å². The summed E-state index contributed by atoms with van der Waals surface area (Å²) in [4.78, 5) is 12.0. The molecule has 0 aromatic heterocycles. The zero-order chi connectivity index (χ0) is 15.6. The van der Waals surface area contributed by atoms with Crippen molar-refractivity contribution in [2.45, 2.75) is 45.3 Å². The molecule has 0 aliphatic heterocycles. The maximum atomic E-state index is 12.8. The summed E-state index contributed by atoms with van der Waals surface area (Å²) in [5.74, 6) is -0.499. The van der Waals surface area contributed by atoms with Gasteiger partial charge in [-0.15, -0.1) is 0 Å². The predicted molar refractivity (Wildman–Crippen MR) is 75.6 cm³/mol. The van der Waals surface area contributed by atoms with Crippen molar-refractivity contribution < 1.29 is 18.0 Å². The molecule has 0 atom stereocenters. The van der Waals surface area contributed by atoms with E-state index in [0.29, 0.717) is 0 Å². The topological polar surface area (TPSA) is 29.1 Å². The Balaban J connectivity index is 3.01. The van der Waals surface area contributed by atoms with Gasteiger partial charge in [-0.25, -0.2) is 0 Å². The third-order valence-electron chi connectivity index (χ3n) is 2.86. The van der Waals surface area contributed by atoms with Gasteiger partial charge < -0.3 is 5.32 Å². The second-order valence-corrected chi connectivity index (χ2v) is 6.13. The van der Waals surface area contributed by atoms with E-state index in [4.69, 9.17) is 0 Å². The number of carbonyl (C=O) groups excluding carboxylic acids is 1. The van der Waals surface area contributed by atoms with E-state index in [2.05, 4.69) is 21.2 Å². The van der Waals surface area contributed by atoms with E-state index < -0.39 is 23.2 Å². The normalized spacial score (nSPS) is 12.3. The van der Waals surface area contributed by atoms with Crippen molar-refractivity contribution in [3.05, 3.63) is 33.8 Å². The Morgan fingerprint density at radius 3 is 2.40 bits per heavy atom. The molecule has 0 bridgehead atoms. The lowest BCUT2D eigenvalue weighted by atomic mass is 9.98. The molecule has 0 aliphatic carbocycles. The van der Waals surface area contributed by atoms with Crippen LogP contribution in [0.5, 0.6) is 0 Å². The van der Waals surface area contributed by atoms with Crippen LogP contribution in [-0.2, 0) is 6.18 Å². The van der Waals surface area contributed by atoms with E-state index >= 15 is 0 Å². The van der Waals surface area contributed by atoms with Gasteiger partial charge in [0, 0.05) is 15.6 Å². The number of amides is 1. The zero-order valence-corrected chi connectivity index (χ0v) is 13.2. The van der Waals surface area contributed by atoms with Crippen LogP contribution in [0.3, 0.4) is 0 Å². The van der Waals surface area contributed by atoms with Crippen LogP contribution in [0.2, 0.25) is 0 Å². The highest BCUT2D eigenvalue weighted by molar-refractivity contribution is 9.10. The molecule has 0 spiro atoms. The van der Waals surface area contributed by atoms with Crippen molar-refractivity contribution in [2.24, 2.45) is 0 Å². The maximum Gasteiger partial charge on any atom is 0.417 e. The highest BCUT2D eigenvalue weighted by Crippen LogP contribution is 2.35. The SMILES string of the molecule is CCCC(C)(C)NC(=O)c1ccc(Br)c(C(F)(F)F)c1. The Bertz CT molecular complexity index is 498. The molecule has 0 aliphatic rings. The Labute approximate surface area is 124 Å². The quantitative estimate of drug-likeness (QED) is 0.831. The highest BCUT2D eigenvalue weighted by Gasteiger charge is 2.34. The van der Waals surface area contributed by atoms with Crippen molar-refractivity contribution in [1.82, 2.24) is 5.32 Å². The Morgan fingerprint density at radius 2 is 1.90 bits per heavy atom. The van der Waals surface area contributed by atoms with E-state index in [1.807, 2.05) is 20.8 Å². The first-order chi connectivity index (χ1) is 9.07. The summed E-state index contributed by atoms with van der Waals surface area (Å²) in [6, 6.07) is 3.47. The fraction of sp³-hybridized carbons (Fsp3) is 0.500. The van der Waals surface area contributed by atoms with Gasteiger partial charge in [0.05, 0.1) is 5.56 Å². The van der Waals surface area contributed by atoms with Crippen LogP contribution in [0, 0.1) is 0 Å². The fourth-order valence-electron chi connectivity index (χ4n) is 1.95. The molecule has 0 unspecified atom stereocenters. The summed E-state index contributed by atoms with van der Waals surface area (Å²) in [6.07, 6.45) is -2.86. The highest BCUT2D eigenvalue weighted by atomic mass is 79.9. The van der Waals surface area contributed by atoms with E-state index in [1.165, 1.54) is 12.1 Å². The van der Waals surface area contributed by atoms with E-state index in [1.54, 1.807) is 0 Å². The zero-order valence-electron chi connectivity index (χ0n) is 11.6. The second-order valence-electron chi connectivity index (χ2n) is 5.28. The first-order valence-electron chi connectivity index (χ1n) is 6.26. The average molecular weight is 352 g/mol. The van der Waals surface area contributed by atoms with E-state index in [9.17, 15) is 18.0 Å². The van der Waals surface area contributed by atoms with Crippen LogP contribution < -0.4 is 5.32 Å². The lowest BCUT2D eigenvalue weighted by molar-refractivity contribution is -0.138. The molecule has 112 valence electrons. The molecule has 20 heavy (non-hydrogen) atoms. The monoisotopic (exact) mass is 351 g/mol. The van der Waals surface area contributed by atoms with Gasteiger partial charge in [-0.1, -0.05) is 29.3 Å². The van der Waals surface area contributed by atoms with Crippen LogP contribution in [0.15, 0.2) is 22.7 Å². The lowest BCUT2D eigenvalue weighted by Gasteiger charge is -2.26. The smallest absolute Gasteiger partial charge is 0.347 e. The molecule has 0 heterocycles. The minimum Gasteiger partial charge on any atom is -0.347 e. The molecule has 1 aromatic carbocycles. The summed E-state index contributed by atoms with van der Waals surface area (Å²) in [7, 11) is 0. The molecule has 0 fully saturated rings. The Kier molecular flexibility index (Phi) is 5.24. The first-order valence-corrected chi connectivity index (χ1v) is 7.05. The number of hydrogen-bond acceptors (Lipinski definition) is 1. The molecule has 2 nitrogen and oxygen atoms in total. The molecule has 1 rings (SSSR count). The minimum absolute atomic E-state index is 0.00435.